The van der Waals surface area contributed by atoms with E-state index in [0.717, 1.165) is 6.07 Å². The first-order valence-electron chi connectivity index (χ1n) is 7.65. The smallest absolute Gasteiger partial charge is 0.283 e. The first-order valence-corrected chi connectivity index (χ1v) is 8.03. The molecule has 2 rings (SSSR count). The quantitative estimate of drug-likeness (QED) is 0.584. The van der Waals surface area contributed by atoms with Crippen molar-refractivity contribution in [3.63, 3.8) is 0 Å². The number of carbonyl (C=O) groups excluding carboxylic acids is 2. The van der Waals surface area contributed by atoms with Gasteiger partial charge in [-0.15, -0.1) is 12.4 Å². The van der Waals surface area contributed by atoms with E-state index in [1.54, 1.807) is 0 Å². The van der Waals surface area contributed by atoms with Gasteiger partial charge in [0.15, 0.2) is 0 Å². The number of nitrogens with zero attached hydrogens (tertiary/aromatic N) is 2. The molecule has 0 saturated carbocycles. The topological polar surface area (TPSA) is 119 Å². The lowest BCUT2D eigenvalue weighted by Crippen LogP contribution is -2.46. The number of carbonyl (C=O) groups is 2. The Labute approximate surface area is 156 Å². The van der Waals surface area contributed by atoms with Crippen molar-refractivity contribution >= 4 is 41.5 Å². The summed E-state index contributed by atoms with van der Waals surface area (Å²) in [5.41, 5.74) is 5.01. The fraction of sp³-hybridized carbons (Fsp3) is 0.467. The fourth-order valence-electron chi connectivity index (χ4n) is 2.72. The van der Waals surface area contributed by atoms with Crippen molar-refractivity contribution < 1.29 is 14.5 Å². The van der Waals surface area contributed by atoms with Crippen LogP contribution in [-0.4, -0.2) is 47.8 Å². The van der Waals surface area contributed by atoms with Crippen molar-refractivity contribution in [2.24, 2.45) is 11.7 Å². The van der Waals surface area contributed by atoms with Gasteiger partial charge in [-0.1, -0.05) is 11.6 Å². The van der Waals surface area contributed by atoms with Gasteiger partial charge in [-0.05, 0) is 25.0 Å². The molecule has 0 spiro atoms. The molecule has 0 aromatic heterocycles. The van der Waals surface area contributed by atoms with Crippen LogP contribution in [-0.2, 0) is 4.79 Å². The molecular formula is C15H20Cl2N4O4. The van der Waals surface area contributed by atoms with Gasteiger partial charge in [-0.2, -0.15) is 0 Å². The molecule has 1 atom stereocenters. The number of piperidine rings is 1. The highest BCUT2D eigenvalue weighted by molar-refractivity contribution is 6.31. The molecule has 1 saturated heterocycles. The average Bonchev–Trinajstić information content (AvgIpc) is 2.59. The van der Waals surface area contributed by atoms with Crippen molar-refractivity contribution in [3.05, 3.63) is 38.9 Å². The molecule has 1 aromatic carbocycles. The molecule has 3 N–H and O–H groups in total. The number of nitro benzene ring substituents is 1. The molecule has 1 aliphatic heterocycles. The number of benzene rings is 1. The Morgan fingerprint density at radius 3 is 2.80 bits per heavy atom. The molecule has 1 aromatic rings. The van der Waals surface area contributed by atoms with Crippen molar-refractivity contribution in [1.82, 2.24) is 10.2 Å². The van der Waals surface area contributed by atoms with Gasteiger partial charge in [0.1, 0.15) is 5.56 Å². The average molecular weight is 391 g/mol. The van der Waals surface area contributed by atoms with E-state index in [-0.39, 0.29) is 47.1 Å². The molecular weight excluding hydrogens is 371 g/mol. The second kappa shape index (κ2) is 9.55. The van der Waals surface area contributed by atoms with E-state index in [1.807, 2.05) is 0 Å². The second-order valence-corrected chi connectivity index (χ2v) is 6.03. The molecule has 1 fully saturated rings. The van der Waals surface area contributed by atoms with Gasteiger partial charge in [0, 0.05) is 37.3 Å². The third-order valence-electron chi connectivity index (χ3n) is 3.91. The van der Waals surface area contributed by atoms with Crippen LogP contribution in [0.15, 0.2) is 18.2 Å². The van der Waals surface area contributed by atoms with Crippen LogP contribution in [0, 0.1) is 16.0 Å². The number of likely N-dealkylation sites (tertiary alicyclic amines) is 1. The number of hydrogen-bond donors (Lipinski definition) is 2. The van der Waals surface area contributed by atoms with Gasteiger partial charge in [-0.25, -0.2) is 0 Å². The maximum atomic E-state index is 12.6. The predicted octanol–water partition coefficient (Wildman–Crippen LogP) is 1.60. The largest absolute Gasteiger partial charge is 0.355 e. The standard InChI is InChI=1S/C15H19ClN4O4.ClH/c16-11-3-4-12(13(8-11)20(23)24)15(22)19-7-1-2-10(9-19)14(21)18-6-5-17;/h3-4,8,10H,1-2,5-7,9,17H2,(H,18,21);1H. The fourth-order valence-corrected chi connectivity index (χ4v) is 2.89. The van der Waals surface area contributed by atoms with E-state index in [4.69, 9.17) is 17.3 Å². The monoisotopic (exact) mass is 390 g/mol. The minimum atomic E-state index is -0.630. The number of nitro groups is 1. The minimum absolute atomic E-state index is 0. The summed E-state index contributed by atoms with van der Waals surface area (Å²) in [5, 5.41) is 14.1. The van der Waals surface area contributed by atoms with E-state index >= 15 is 0 Å². The van der Waals surface area contributed by atoms with Crippen molar-refractivity contribution in [1.29, 1.82) is 0 Å². The SMILES string of the molecule is Cl.NCCNC(=O)C1CCCN(C(=O)c2ccc(Cl)cc2[N+](=O)[O-])C1. The van der Waals surface area contributed by atoms with Gasteiger partial charge in [0.2, 0.25) is 5.91 Å². The highest BCUT2D eigenvalue weighted by atomic mass is 35.5. The Morgan fingerprint density at radius 2 is 2.16 bits per heavy atom. The van der Waals surface area contributed by atoms with Crippen LogP contribution in [0.1, 0.15) is 23.2 Å². The maximum Gasteiger partial charge on any atom is 0.283 e. The normalized spacial score (nSPS) is 16.7. The molecule has 0 aliphatic carbocycles. The summed E-state index contributed by atoms with van der Waals surface area (Å²) in [4.78, 5) is 36.7. The third kappa shape index (κ3) is 5.29. The van der Waals surface area contributed by atoms with Crippen LogP contribution in [0.4, 0.5) is 5.69 Å². The van der Waals surface area contributed by atoms with Crippen LogP contribution in [0.5, 0.6) is 0 Å². The van der Waals surface area contributed by atoms with E-state index in [1.165, 1.54) is 17.0 Å². The molecule has 1 unspecified atom stereocenters. The summed E-state index contributed by atoms with van der Waals surface area (Å²) < 4.78 is 0. The number of rotatable bonds is 5. The Hall–Kier alpha value is -1.90. The summed E-state index contributed by atoms with van der Waals surface area (Å²) in [5.74, 6) is -0.946. The molecule has 25 heavy (non-hydrogen) atoms. The van der Waals surface area contributed by atoms with Crippen LogP contribution >= 0.6 is 24.0 Å². The van der Waals surface area contributed by atoms with Crippen LogP contribution in [0.25, 0.3) is 0 Å². The van der Waals surface area contributed by atoms with Crippen LogP contribution in [0.2, 0.25) is 5.02 Å². The van der Waals surface area contributed by atoms with Gasteiger partial charge in [0.25, 0.3) is 11.6 Å². The molecule has 0 bridgehead atoms. The molecule has 138 valence electrons. The van der Waals surface area contributed by atoms with E-state index in [9.17, 15) is 19.7 Å². The zero-order valence-electron chi connectivity index (χ0n) is 13.4. The zero-order chi connectivity index (χ0) is 17.7. The first kappa shape index (κ1) is 21.1. The molecule has 2 amide bonds. The Bertz CT molecular complexity index is 656. The summed E-state index contributed by atoms with van der Waals surface area (Å²) >= 11 is 5.77. The number of hydrogen-bond acceptors (Lipinski definition) is 5. The number of nitrogens with two attached hydrogens (primary N) is 1. The molecule has 1 heterocycles. The summed E-state index contributed by atoms with van der Waals surface area (Å²) in [6, 6.07) is 3.95. The highest BCUT2D eigenvalue weighted by Gasteiger charge is 2.31. The minimum Gasteiger partial charge on any atom is -0.355 e. The van der Waals surface area contributed by atoms with Crippen molar-refractivity contribution in [2.45, 2.75) is 12.8 Å². The molecule has 10 heteroatoms. The van der Waals surface area contributed by atoms with E-state index in [0.29, 0.717) is 32.5 Å². The molecule has 8 nitrogen and oxygen atoms in total. The Balaban J connectivity index is 0.00000312. The lowest BCUT2D eigenvalue weighted by Gasteiger charge is -2.32. The van der Waals surface area contributed by atoms with Gasteiger partial charge < -0.3 is 16.0 Å². The second-order valence-electron chi connectivity index (χ2n) is 5.59. The number of amides is 2. The lowest BCUT2D eigenvalue weighted by atomic mass is 9.96. The van der Waals surface area contributed by atoms with E-state index < -0.39 is 10.8 Å². The Morgan fingerprint density at radius 1 is 1.44 bits per heavy atom. The van der Waals surface area contributed by atoms with Crippen molar-refractivity contribution in [3.8, 4) is 0 Å². The number of nitrogens with one attached hydrogen (secondary N) is 1. The first-order chi connectivity index (χ1) is 11.4. The van der Waals surface area contributed by atoms with E-state index in [2.05, 4.69) is 5.32 Å². The molecule has 0 radical (unpaired) electrons. The van der Waals surface area contributed by atoms with Crippen LogP contribution < -0.4 is 11.1 Å². The summed E-state index contributed by atoms with van der Waals surface area (Å²) in [7, 11) is 0. The van der Waals surface area contributed by atoms with Crippen LogP contribution in [0.3, 0.4) is 0 Å². The van der Waals surface area contributed by atoms with Gasteiger partial charge in [0.05, 0.1) is 10.8 Å². The summed E-state index contributed by atoms with van der Waals surface area (Å²) in [6.07, 6.45) is 1.33. The third-order valence-corrected chi connectivity index (χ3v) is 4.14. The molecule has 1 aliphatic rings. The van der Waals surface area contributed by atoms with Gasteiger partial charge in [-0.3, -0.25) is 19.7 Å². The summed E-state index contributed by atoms with van der Waals surface area (Å²) in [6.45, 7) is 1.41. The number of halogens is 2. The van der Waals surface area contributed by atoms with Gasteiger partial charge >= 0.3 is 0 Å². The lowest BCUT2D eigenvalue weighted by molar-refractivity contribution is -0.385. The highest BCUT2D eigenvalue weighted by Crippen LogP contribution is 2.26. The van der Waals surface area contributed by atoms with Crippen molar-refractivity contribution in [2.75, 3.05) is 26.2 Å². The maximum absolute atomic E-state index is 12.6. The zero-order valence-corrected chi connectivity index (χ0v) is 15.0. The Kier molecular flexibility index (Phi) is 8.08. The predicted molar refractivity (Wildman–Crippen MR) is 96.0 cm³/mol.